The predicted octanol–water partition coefficient (Wildman–Crippen LogP) is 1.81. The van der Waals surface area contributed by atoms with Gasteiger partial charge < -0.3 is 10.1 Å². The number of nitrogens with one attached hydrogen (secondary N) is 1. The Morgan fingerprint density at radius 1 is 1.29 bits per heavy atom. The minimum atomic E-state index is -0.404. The van der Waals surface area contributed by atoms with Gasteiger partial charge in [-0.1, -0.05) is 0 Å². The highest BCUT2D eigenvalue weighted by molar-refractivity contribution is 5.79. The Labute approximate surface area is 158 Å². The minimum absolute atomic E-state index is 0.0996. The highest BCUT2D eigenvalue weighted by Gasteiger charge is 2.25. The van der Waals surface area contributed by atoms with E-state index in [2.05, 4.69) is 26.0 Å². The molecule has 1 aromatic carbocycles. The van der Waals surface area contributed by atoms with E-state index >= 15 is 0 Å². The van der Waals surface area contributed by atoms with Gasteiger partial charge in [0, 0.05) is 6.04 Å². The fourth-order valence-corrected chi connectivity index (χ4v) is 3.97. The lowest BCUT2D eigenvalue weighted by molar-refractivity contribution is 0.104. The lowest BCUT2D eigenvalue weighted by atomic mass is 9.93. The zero-order chi connectivity index (χ0) is 19.3. The maximum absolute atomic E-state index is 12.5. The number of benzene rings is 1. The Morgan fingerprint density at radius 2 is 2.18 bits per heavy atom. The van der Waals surface area contributed by atoms with Gasteiger partial charge >= 0.3 is 5.69 Å². The van der Waals surface area contributed by atoms with E-state index < -0.39 is 6.10 Å². The van der Waals surface area contributed by atoms with Crippen molar-refractivity contribution in [2.45, 2.75) is 37.8 Å². The quantitative estimate of drug-likeness (QED) is 0.550. The average Bonchev–Trinajstić information content (AvgIpc) is 3.26. The van der Waals surface area contributed by atoms with Crippen LogP contribution in [0.3, 0.4) is 0 Å². The van der Waals surface area contributed by atoms with Crippen LogP contribution in [-0.2, 0) is 0 Å². The molecule has 2 N–H and O–H groups in total. The van der Waals surface area contributed by atoms with Crippen molar-refractivity contribution >= 4 is 22.2 Å². The van der Waals surface area contributed by atoms with Crippen molar-refractivity contribution < 1.29 is 5.11 Å². The van der Waals surface area contributed by atoms with E-state index in [9.17, 15) is 9.90 Å². The number of H-pyrrole nitrogens is 1. The molecule has 9 nitrogen and oxygen atoms in total. The standard InChI is InChI=1S/C19H17N7O2/c20-8-11-4-5-14-16(6-11)25(10-22-14)18-21-9-15-17(24-18)26(19(28)23-15)12-2-1-3-13(27)7-12/h4-6,9-10,12-13,27H,1-3,7H2,(H,23,28). The summed E-state index contributed by atoms with van der Waals surface area (Å²) in [6.45, 7) is 0. The SMILES string of the molecule is N#Cc1ccc2ncn(-c3ncc4[nH]c(=O)n(C5CCCC(O)C5)c4n3)c2c1. The van der Waals surface area contributed by atoms with Crippen molar-refractivity contribution in [3.8, 4) is 12.0 Å². The molecule has 5 rings (SSSR count). The highest BCUT2D eigenvalue weighted by Crippen LogP contribution is 2.29. The van der Waals surface area contributed by atoms with E-state index in [0.717, 1.165) is 30.3 Å². The molecule has 0 spiro atoms. The van der Waals surface area contributed by atoms with Gasteiger partial charge in [0.05, 0.1) is 35.0 Å². The lowest BCUT2D eigenvalue weighted by Gasteiger charge is -2.26. The summed E-state index contributed by atoms with van der Waals surface area (Å²) in [7, 11) is 0. The second-order valence-corrected chi connectivity index (χ2v) is 7.11. The maximum atomic E-state index is 12.5. The minimum Gasteiger partial charge on any atom is -0.393 e. The van der Waals surface area contributed by atoms with Crippen LogP contribution in [0.15, 0.2) is 35.5 Å². The number of fused-ring (bicyclic) bond motifs is 2. The van der Waals surface area contributed by atoms with E-state index in [-0.39, 0.29) is 11.7 Å². The third kappa shape index (κ3) is 2.58. The zero-order valence-electron chi connectivity index (χ0n) is 14.9. The van der Waals surface area contributed by atoms with E-state index in [1.54, 1.807) is 39.9 Å². The molecule has 1 fully saturated rings. The molecule has 3 aromatic heterocycles. The Bertz CT molecular complexity index is 1290. The van der Waals surface area contributed by atoms with E-state index in [1.165, 1.54) is 0 Å². The topological polar surface area (TPSA) is 125 Å². The highest BCUT2D eigenvalue weighted by atomic mass is 16.3. The first kappa shape index (κ1) is 16.6. The molecule has 0 bridgehead atoms. The summed E-state index contributed by atoms with van der Waals surface area (Å²) in [6.07, 6.45) is 5.76. The number of nitrogens with zero attached hydrogens (tertiary/aromatic N) is 6. The number of aromatic nitrogens is 6. The van der Waals surface area contributed by atoms with Gasteiger partial charge in [0.25, 0.3) is 0 Å². The van der Waals surface area contributed by atoms with Crippen LogP contribution in [0.5, 0.6) is 0 Å². The average molecular weight is 375 g/mol. The van der Waals surface area contributed by atoms with Gasteiger partial charge in [-0.25, -0.2) is 14.8 Å². The molecule has 4 aromatic rings. The number of aromatic amines is 1. The molecule has 3 heterocycles. The van der Waals surface area contributed by atoms with Gasteiger partial charge in [0.15, 0.2) is 5.65 Å². The maximum Gasteiger partial charge on any atom is 0.327 e. The van der Waals surface area contributed by atoms with E-state index in [4.69, 9.17) is 5.26 Å². The van der Waals surface area contributed by atoms with Crippen LogP contribution in [0.2, 0.25) is 0 Å². The number of imidazole rings is 2. The molecule has 0 radical (unpaired) electrons. The van der Waals surface area contributed by atoms with Crippen LogP contribution in [0.1, 0.15) is 37.3 Å². The number of rotatable bonds is 2. The smallest absolute Gasteiger partial charge is 0.327 e. The molecule has 140 valence electrons. The van der Waals surface area contributed by atoms with Crippen LogP contribution in [0, 0.1) is 11.3 Å². The first-order valence-corrected chi connectivity index (χ1v) is 9.17. The summed E-state index contributed by atoms with van der Waals surface area (Å²) in [5.41, 5.74) is 2.77. The van der Waals surface area contributed by atoms with Gasteiger partial charge in [-0.3, -0.25) is 9.13 Å². The van der Waals surface area contributed by atoms with E-state index in [1.807, 2.05) is 0 Å². The van der Waals surface area contributed by atoms with Crippen molar-refractivity contribution in [3.05, 3.63) is 46.8 Å². The fraction of sp³-hybridized carbons (Fsp3) is 0.316. The molecule has 9 heteroatoms. The number of nitriles is 1. The molecular weight excluding hydrogens is 358 g/mol. The normalized spacial score (nSPS) is 19.9. The second-order valence-electron chi connectivity index (χ2n) is 7.11. The Kier molecular flexibility index (Phi) is 3.74. The summed E-state index contributed by atoms with van der Waals surface area (Å²) in [5.74, 6) is 0.370. The van der Waals surface area contributed by atoms with Crippen LogP contribution >= 0.6 is 0 Å². The Balaban J connectivity index is 1.67. The molecule has 0 saturated heterocycles. The van der Waals surface area contributed by atoms with Gasteiger partial charge in [0.1, 0.15) is 11.8 Å². The number of aliphatic hydroxyl groups is 1. The molecule has 1 aliphatic carbocycles. The van der Waals surface area contributed by atoms with Crippen molar-refractivity contribution in [1.82, 2.24) is 29.1 Å². The molecule has 0 aliphatic heterocycles. The zero-order valence-corrected chi connectivity index (χ0v) is 14.9. The first-order chi connectivity index (χ1) is 13.6. The molecule has 0 amide bonds. The van der Waals surface area contributed by atoms with Crippen molar-refractivity contribution in [2.24, 2.45) is 0 Å². The lowest BCUT2D eigenvalue weighted by Crippen LogP contribution is -2.29. The van der Waals surface area contributed by atoms with Crippen LogP contribution in [0.4, 0.5) is 0 Å². The summed E-state index contributed by atoms with van der Waals surface area (Å²) in [4.78, 5) is 28.7. The summed E-state index contributed by atoms with van der Waals surface area (Å²) >= 11 is 0. The third-order valence-corrected chi connectivity index (χ3v) is 5.32. The molecule has 28 heavy (non-hydrogen) atoms. The fourth-order valence-electron chi connectivity index (χ4n) is 3.97. The van der Waals surface area contributed by atoms with Gasteiger partial charge in [-0.2, -0.15) is 10.2 Å². The monoisotopic (exact) mass is 375 g/mol. The predicted molar refractivity (Wildman–Crippen MR) is 101 cm³/mol. The first-order valence-electron chi connectivity index (χ1n) is 9.17. The number of hydrogen-bond acceptors (Lipinski definition) is 6. The summed E-state index contributed by atoms with van der Waals surface area (Å²) in [5, 5.41) is 19.2. The number of hydrogen-bond donors (Lipinski definition) is 2. The Morgan fingerprint density at radius 3 is 3.00 bits per heavy atom. The van der Waals surface area contributed by atoms with Crippen LogP contribution in [0.25, 0.3) is 28.1 Å². The summed E-state index contributed by atoms with van der Waals surface area (Å²) < 4.78 is 3.33. The van der Waals surface area contributed by atoms with Gasteiger partial charge in [-0.15, -0.1) is 0 Å². The van der Waals surface area contributed by atoms with Crippen LogP contribution < -0.4 is 5.69 Å². The number of aliphatic hydroxyl groups excluding tert-OH is 1. The third-order valence-electron chi connectivity index (χ3n) is 5.32. The largest absolute Gasteiger partial charge is 0.393 e. The summed E-state index contributed by atoms with van der Waals surface area (Å²) in [6, 6.07) is 7.24. The van der Waals surface area contributed by atoms with Crippen LogP contribution in [-0.4, -0.2) is 40.3 Å². The molecule has 1 saturated carbocycles. The Hall–Kier alpha value is -3.51. The van der Waals surface area contributed by atoms with Crippen molar-refractivity contribution in [1.29, 1.82) is 5.26 Å². The molecule has 1 aliphatic rings. The van der Waals surface area contributed by atoms with E-state index in [0.29, 0.717) is 29.1 Å². The van der Waals surface area contributed by atoms with Gasteiger partial charge in [0.2, 0.25) is 5.95 Å². The van der Waals surface area contributed by atoms with Gasteiger partial charge in [-0.05, 0) is 43.9 Å². The molecule has 2 atom stereocenters. The van der Waals surface area contributed by atoms with Crippen molar-refractivity contribution in [2.75, 3.05) is 0 Å². The second kappa shape index (κ2) is 6.28. The van der Waals surface area contributed by atoms with Crippen molar-refractivity contribution in [3.63, 3.8) is 0 Å². The molecular formula is C19H17N7O2. The molecule has 2 unspecified atom stereocenters.